The predicted octanol–water partition coefficient (Wildman–Crippen LogP) is 0.492. The number of ether oxygens (including phenoxy) is 2. The van der Waals surface area contributed by atoms with E-state index in [2.05, 4.69) is 6.58 Å². The number of aliphatic hydroxyl groups excluding tert-OH is 1. The molecule has 0 aromatic rings. The van der Waals surface area contributed by atoms with E-state index in [0.29, 0.717) is 6.54 Å². The van der Waals surface area contributed by atoms with E-state index in [4.69, 9.17) is 9.47 Å². The molecule has 0 aromatic heterocycles. The van der Waals surface area contributed by atoms with Gasteiger partial charge in [0, 0.05) is 0 Å². The molecule has 2 fully saturated rings. The molecular formula is C10H15NO4. The van der Waals surface area contributed by atoms with Crippen LogP contribution in [-0.2, 0) is 9.47 Å². The molecule has 0 bridgehead atoms. The number of carbonyl (C=O) groups is 1. The first-order valence-corrected chi connectivity index (χ1v) is 5.03. The van der Waals surface area contributed by atoms with Crippen LogP contribution < -0.4 is 0 Å². The third-order valence-electron chi connectivity index (χ3n) is 2.72. The van der Waals surface area contributed by atoms with Crippen molar-refractivity contribution in [1.29, 1.82) is 0 Å². The van der Waals surface area contributed by atoms with Crippen molar-refractivity contribution in [2.24, 2.45) is 0 Å². The van der Waals surface area contributed by atoms with Crippen molar-refractivity contribution in [2.75, 3.05) is 19.8 Å². The van der Waals surface area contributed by atoms with Crippen LogP contribution in [0.2, 0.25) is 0 Å². The molecule has 5 heteroatoms. The largest absolute Gasteiger partial charge is 0.445 e. The Kier molecular flexibility index (Phi) is 2.67. The van der Waals surface area contributed by atoms with Crippen molar-refractivity contribution in [1.82, 2.24) is 4.90 Å². The molecule has 2 rings (SSSR count). The summed E-state index contributed by atoms with van der Waals surface area (Å²) < 4.78 is 10.3. The Labute approximate surface area is 88.3 Å². The summed E-state index contributed by atoms with van der Waals surface area (Å²) in [5, 5.41) is 9.57. The first kappa shape index (κ1) is 10.4. The fourth-order valence-electron chi connectivity index (χ4n) is 1.64. The maximum Gasteiger partial charge on any atom is 0.412 e. The van der Waals surface area contributed by atoms with Gasteiger partial charge in [0.2, 0.25) is 0 Å². The van der Waals surface area contributed by atoms with E-state index < -0.39 is 12.3 Å². The maximum atomic E-state index is 11.5. The highest BCUT2D eigenvalue weighted by Gasteiger charge is 2.51. The molecule has 1 aliphatic carbocycles. The summed E-state index contributed by atoms with van der Waals surface area (Å²) >= 11 is 0. The van der Waals surface area contributed by atoms with E-state index in [1.807, 2.05) is 0 Å². The van der Waals surface area contributed by atoms with Gasteiger partial charge in [0.1, 0.15) is 6.61 Å². The maximum absolute atomic E-state index is 11.5. The normalized spacial score (nSPS) is 27.5. The zero-order valence-corrected chi connectivity index (χ0v) is 8.52. The first-order valence-electron chi connectivity index (χ1n) is 5.03. The van der Waals surface area contributed by atoms with Crippen LogP contribution in [0.15, 0.2) is 12.7 Å². The number of carbonyl (C=O) groups excluding carboxylic acids is 1. The van der Waals surface area contributed by atoms with Crippen LogP contribution in [0.4, 0.5) is 4.79 Å². The molecule has 0 radical (unpaired) electrons. The standard InChI is InChI=1S/C10H15NO4/c1-2-5-14-9(13)11-7-10(3-4-10)15-6-8(11)12/h2,8,12H,1,3-7H2. The quantitative estimate of drug-likeness (QED) is 0.678. The molecule has 1 saturated carbocycles. The Morgan fingerprint density at radius 2 is 2.47 bits per heavy atom. The van der Waals surface area contributed by atoms with Gasteiger partial charge in [0.05, 0.1) is 18.8 Å². The molecule has 84 valence electrons. The van der Waals surface area contributed by atoms with Gasteiger partial charge in [-0.1, -0.05) is 12.7 Å². The highest BCUT2D eigenvalue weighted by atomic mass is 16.6. The Balaban J connectivity index is 1.93. The van der Waals surface area contributed by atoms with E-state index in [-0.39, 0.29) is 18.8 Å². The molecule has 1 amide bonds. The second-order valence-electron chi connectivity index (χ2n) is 3.97. The fourth-order valence-corrected chi connectivity index (χ4v) is 1.64. The number of hydrogen-bond donors (Lipinski definition) is 1. The number of hydrogen-bond acceptors (Lipinski definition) is 4. The topological polar surface area (TPSA) is 59.0 Å². The van der Waals surface area contributed by atoms with Crippen molar-refractivity contribution in [3.63, 3.8) is 0 Å². The minimum Gasteiger partial charge on any atom is -0.445 e. The summed E-state index contributed by atoms with van der Waals surface area (Å²) in [7, 11) is 0. The van der Waals surface area contributed by atoms with Crippen LogP contribution in [0.5, 0.6) is 0 Å². The van der Waals surface area contributed by atoms with Gasteiger partial charge in [-0.2, -0.15) is 0 Å². The molecule has 2 aliphatic rings. The van der Waals surface area contributed by atoms with Crippen LogP contribution in [0, 0.1) is 0 Å². The number of rotatable bonds is 2. The van der Waals surface area contributed by atoms with Crippen LogP contribution in [-0.4, -0.2) is 47.7 Å². The molecule has 1 heterocycles. The van der Waals surface area contributed by atoms with E-state index in [1.54, 1.807) is 0 Å². The van der Waals surface area contributed by atoms with Gasteiger partial charge in [-0.3, -0.25) is 4.90 Å². The highest BCUT2D eigenvalue weighted by Crippen LogP contribution is 2.42. The van der Waals surface area contributed by atoms with Gasteiger partial charge in [0.15, 0.2) is 6.23 Å². The Bertz CT molecular complexity index is 275. The lowest BCUT2D eigenvalue weighted by Gasteiger charge is -2.36. The number of aliphatic hydroxyl groups is 1. The first-order chi connectivity index (χ1) is 7.17. The second-order valence-corrected chi connectivity index (χ2v) is 3.97. The van der Waals surface area contributed by atoms with E-state index >= 15 is 0 Å². The number of morpholine rings is 1. The van der Waals surface area contributed by atoms with E-state index in [1.165, 1.54) is 11.0 Å². The summed E-state index contributed by atoms with van der Waals surface area (Å²) in [4.78, 5) is 12.8. The second kappa shape index (κ2) is 3.83. The van der Waals surface area contributed by atoms with Crippen molar-refractivity contribution in [2.45, 2.75) is 24.7 Å². The van der Waals surface area contributed by atoms with Crippen LogP contribution >= 0.6 is 0 Å². The number of amides is 1. The van der Waals surface area contributed by atoms with Gasteiger partial charge in [-0.05, 0) is 12.8 Å². The van der Waals surface area contributed by atoms with Crippen molar-refractivity contribution in [3.05, 3.63) is 12.7 Å². The molecule has 0 aromatic carbocycles. The summed E-state index contributed by atoms with van der Waals surface area (Å²) in [5.74, 6) is 0. The highest BCUT2D eigenvalue weighted by molar-refractivity contribution is 5.68. The van der Waals surface area contributed by atoms with Crippen LogP contribution in [0.25, 0.3) is 0 Å². The third-order valence-corrected chi connectivity index (χ3v) is 2.72. The summed E-state index contributed by atoms with van der Waals surface area (Å²) in [6.45, 7) is 4.21. The van der Waals surface area contributed by atoms with Gasteiger partial charge >= 0.3 is 6.09 Å². The van der Waals surface area contributed by atoms with E-state index in [9.17, 15) is 9.90 Å². The zero-order chi connectivity index (χ0) is 10.9. The van der Waals surface area contributed by atoms with E-state index in [0.717, 1.165) is 12.8 Å². The predicted molar refractivity (Wildman–Crippen MR) is 52.2 cm³/mol. The molecular weight excluding hydrogens is 198 g/mol. The van der Waals surface area contributed by atoms with Gasteiger partial charge in [0.25, 0.3) is 0 Å². The lowest BCUT2D eigenvalue weighted by Crippen LogP contribution is -2.53. The summed E-state index contributed by atoms with van der Waals surface area (Å²) in [5.41, 5.74) is -0.202. The van der Waals surface area contributed by atoms with Gasteiger partial charge < -0.3 is 14.6 Å². The third kappa shape index (κ3) is 2.13. The monoisotopic (exact) mass is 213 g/mol. The smallest absolute Gasteiger partial charge is 0.412 e. The van der Waals surface area contributed by atoms with Crippen molar-refractivity contribution in [3.8, 4) is 0 Å². The Morgan fingerprint density at radius 3 is 3.07 bits per heavy atom. The SMILES string of the molecule is C=CCOC(=O)N1CC2(CC2)OCC1O. The number of nitrogens with zero attached hydrogens (tertiary/aromatic N) is 1. The minimum absolute atomic E-state index is 0.163. The molecule has 1 N–H and O–H groups in total. The van der Waals surface area contributed by atoms with Crippen LogP contribution in [0.3, 0.4) is 0 Å². The molecule has 1 atom stereocenters. The van der Waals surface area contributed by atoms with Gasteiger partial charge in [-0.25, -0.2) is 4.79 Å². The molecule has 1 spiro atoms. The lowest BCUT2D eigenvalue weighted by atomic mass is 10.2. The fraction of sp³-hybridized carbons (Fsp3) is 0.700. The zero-order valence-electron chi connectivity index (χ0n) is 8.52. The minimum atomic E-state index is -0.895. The summed E-state index contributed by atoms with van der Waals surface area (Å²) in [6.07, 6.45) is 2.00. The molecule has 1 aliphatic heterocycles. The summed E-state index contributed by atoms with van der Waals surface area (Å²) in [6, 6.07) is 0. The Morgan fingerprint density at radius 1 is 1.73 bits per heavy atom. The van der Waals surface area contributed by atoms with Crippen LogP contribution in [0.1, 0.15) is 12.8 Å². The molecule has 15 heavy (non-hydrogen) atoms. The lowest BCUT2D eigenvalue weighted by molar-refractivity contribution is -0.139. The van der Waals surface area contributed by atoms with Crippen molar-refractivity contribution >= 4 is 6.09 Å². The van der Waals surface area contributed by atoms with Gasteiger partial charge in [-0.15, -0.1) is 0 Å². The Hall–Kier alpha value is -1.07. The average Bonchev–Trinajstić information content (AvgIpc) is 2.99. The average molecular weight is 213 g/mol. The molecule has 5 nitrogen and oxygen atoms in total. The molecule has 1 unspecified atom stereocenters. The van der Waals surface area contributed by atoms with Crippen molar-refractivity contribution < 1.29 is 19.4 Å². The molecule has 1 saturated heterocycles.